The van der Waals surface area contributed by atoms with Gasteiger partial charge in [0.2, 0.25) is 0 Å². The lowest BCUT2D eigenvalue weighted by atomic mass is 9.97. The maximum atomic E-state index is 10.6. The number of piperidine rings is 1. The number of nitrogens with one attached hydrogen (secondary N) is 1. The van der Waals surface area contributed by atoms with Gasteiger partial charge >= 0.3 is 0 Å². The molecule has 0 spiro atoms. The molecule has 33 heavy (non-hydrogen) atoms. The van der Waals surface area contributed by atoms with E-state index >= 15 is 0 Å². The van der Waals surface area contributed by atoms with Crippen molar-refractivity contribution in [3.05, 3.63) is 72.3 Å². The minimum Gasteiger partial charge on any atom is -0.493 e. The summed E-state index contributed by atoms with van der Waals surface area (Å²) in [6.07, 6.45) is 1.66. The molecule has 2 heterocycles. The number of hydrogen-bond donors (Lipinski definition) is 2. The van der Waals surface area contributed by atoms with Gasteiger partial charge in [0.1, 0.15) is 24.2 Å². The molecule has 0 aliphatic carbocycles. The zero-order valence-electron chi connectivity index (χ0n) is 19.2. The molecular weight excluding hydrogens is 412 g/mol. The fourth-order valence-electron chi connectivity index (χ4n) is 4.79. The number of aromatic nitrogens is 1. The Morgan fingerprint density at radius 3 is 2.48 bits per heavy atom. The molecule has 5 nitrogen and oxygen atoms in total. The van der Waals surface area contributed by atoms with Gasteiger partial charge in [-0.05, 0) is 68.6 Å². The average molecular weight is 445 g/mol. The molecule has 0 amide bonds. The molecule has 5 heteroatoms. The van der Waals surface area contributed by atoms with Crippen molar-refractivity contribution in [1.82, 2.24) is 9.88 Å². The van der Waals surface area contributed by atoms with Crippen LogP contribution in [0, 0.1) is 12.8 Å². The summed E-state index contributed by atoms with van der Waals surface area (Å²) in [6.45, 7) is 5.73. The van der Waals surface area contributed by atoms with Crippen molar-refractivity contribution in [2.45, 2.75) is 25.9 Å². The largest absolute Gasteiger partial charge is 0.493 e. The second kappa shape index (κ2) is 9.86. The highest BCUT2D eigenvalue weighted by Crippen LogP contribution is 2.33. The third-order valence-corrected chi connectivity index (χ3v) is 6.67. The van der Waals surface area contributed by atoms with E-state index in [2.05, 4.69) is 41.1 Å². The third kappa shape index (κ3) is 5.00. The van der Waals surface area contributed by atoms with Gasteiger partial charge in [-0.1, -0.05) is 42.5 Å². The van der Waals surface area contributed by atoms with Crippen LogP contribution in [0.5, 0.6) is 11.5 Å². The molecule has 3 aromatic carbocycles. The van der Waals surface area contributed by atoms with E-state index in [1.807, 2.05) is 42.5 Å². The number of para-hydroxylation sites is 2. The number of benzene rings is 3. The number of hydrogen-bond acceptors (Lipinski definition) is 4. The number of β-amino-alcohol motifs (C(OH)–C–C–N with tert-alkyl or cyclic N) is 1. The number of aromatic amines is 1. The van der Waals surface area contributed by atoms with Gasteiger partial charge < -0.3 is 24.5 Å². The second-order valence-electron chi connectivity index (χ2n) is 9.13. The number of H-pyrrole nitrogens is 1. The van der Waals surface area contributed by atoms with Crippen LogP contribution >= 0.6 is 0 Å². The van der Waals surface area contributed by atoms with E-state index in [4.69, 9.17) is 9.47 Å². The van der Waals surface area contributed by atoms with Gasteiger partial charge in [-0.3, -0.25) is 0 Å². The standard InChI is InChI=1S/C28H32N2O3/c1-20-7-2-5-11-26(20)32-18-21-13-15-30(16-14-21)17-22(31)19-33-27-12-6-10-25-28(27)23-8-3-4-9-24(23)29-25/h2-12,21-22,29,31H,13-19H2,1H3. The van der Waals surface area contributed by atoms with Crippen molar-refractivity contribution in [3.63, 3.8) is 0 Å². The first-order valence-corrected chi connectivity index (χ1v) is 11.9. The lowest BCUT2D eigenvalue weighted by Gasteiger charge is -2.33. The minimum absolute atomic E-state index is 0.287. The van der Waals surface area contributed by atoms with Crippen LogP contribution < -0.4 is 9.47 Å². The number of aliphatic hydroxyl groups is 1. The molecular formula is C28H32N2O3. The van der Waals surface area contributed by atoms with E-state index in [9.17, 15) is 5.11 Å². The Labute approximate surface area is 194 Å². The van der Waals surface area contributed by atoms with Gasteiger partial charge in [0, 0.05) is 22.8 Å². The summed E-state index contributed by atoms with van der Waals surface area (Å²) in [5.41, 5.74) is 3.33. The van der Waals surface area contributed by atoms with Crippen molar-refractivity contribution in [3.8, 4) is 11.5 Å². The number of rotatable bonds is 8. The molecule has 1 aromatic heterocycles. The number of aryl methyl sites for hydroxylation is 1. The Kier molecular flexibility index (Phi) is 6.51. The normalized spacial score (nSPS) is 16.3. The van der Waals surface area contributed by atoms with Crippen LogP contribution in [0.4, 0.5) is 0 Å². The van der Waals surface area contributed by atoms with Crippen LogP contribution in [0.25, 0.3) is 21.8 Å². The Hall–Kier alpha value is -3.02. The second-order valence-corrected chi connectivity index (χ2v) is 9.13. The zero-order valence-corrected chi connectivity index (χ0v) is 19.2. The Bertz CT molecular complexity index is 1210. The fraction of sp³-hybridized carbons (Fsp3) is 0.357. The van der Waals surface area contributed by atoms with E-state index in [0.29, 0.717) is 12.5 Å². The van der Waals surface area contributed by atoms with Crippen LogP contribution in [-0.2, 0) is 0 Å². The number of ether oxygens (including phenoxy) is 2. The van der Waals surface area contributed by atoms with Gasteiger partial charge in [0.05, 0.1) is 12.1 Å². The van der Waals surface area contributed by atoms with Crippen LogP contribution in [-0.4, -0.2) is 53.9 Å². The molecule has 0 radical (unpaired) electrons. The highest BCUT2D eigenvalue weighted by atomic mass is 16.5. The summed E-state index contributed by atoms with van der Waals surface area (Å²) in [5.74, 6) is 2.36. The maximum absolute atomic E-state index is 10.6. The van der Waals surface area contributed by atoms with Gasteiger partial charge in [0.25, 0.3) is 0 Å². The molecule has 1 saturated heterocycles. The molecule has 1 aliphatic heterocycles. The quantitative estimate of drug-likeness (QED) is 0.394. The third-order valence-electron chi connectivity index (χ3n) is 6.67. The van der Waals surface area contributed by atoms with Crippen LogP contribution in [0.2, 0.25) is 0 Å². The van der Waals surface area contributed by atoms with Gasteiger partial charge in [-0.25, -0.2) is 0 Å². The lowest BCUT2D eigenvalue weighted by molar-refractivity contribution is 0.0507. The summed E-state index contributed by atoms with van der Waals surface area (Å²) in [4.78, 5) is 5.78. The van der Waals surface area contributed by atoms with Crippen molar-refractivity contribution in [1.29, 1.82) is 0 Å². The van der Waals surface area contributed by atoms with E-state index in [1.54, 1.807) is 0 Å². The minimum atomic E-state index is -0.523. The predicted molar refractivity (Wildman–Crippen MR) is 133 cm³/mol. The van der Waals surface area contributed by atoms with Crippen LogP contribution in [0.15, 0.2) is 66.7 Å². The maximum Gasteiger partial charge on any atom is 0.129 e. The van der Waals surface area contributed by atoms with E-state index in [1.165, 1.54) is 5.56 Å². The van der Waals surface area contributed by atoms with Gasteiger partial charge in [-0.2, -0.15) is 0 Å². The van der Waals surface area contributed by atoms with E-state index < -0.39 is 6.10 Å². The van der Waals surface area contributed by atoms with Crippen molar-refractivity contribution < 1.29 is 14.6 Å². The molecule has 2 N–H and O–H groups in total. The number of fused-ring (bicyclic) bond motifs is 3. The van der Waals surface area contributed by atoms with Crippen LogP contribution in [0.1, 0.15) is 18.4 Å². The molecule has 0 saturated carbocycles. The average Bonchev–Trinajstić information content (AvgIpc) is 3.22. The summed E-state index contributed by atoms with van der Waals surface area (Å²) >= 11 is 0. The van der Waals surface area contributed by atoms with Crippen molar-refractivity contribution >= 4 is 21.8 Å². The molecule has 1 aliphatic rings. The Balaban J connectivity index is 1.11. The molecule has 1 unspecified atom stereocenters. The highest BCUT2D eigenvalue weighted by Gasteiger charge is 2.22. The number of aliphatic hydroxyl groups excluding tert-OH is 1. The zero-order chi connectivity index (χ0) is 22.6. The van der Waals surface area contributed by atoms with Crippen molar-refractivity contribution in [2.24, 2.45) is 5.92 Å². The van der Waals surface area contributed by atoms with Crippen LogP contribution in [0.3, 0.4) is 0 Å². The van der Waals surface area contributed by atoms with E-state index in [0.717, 1.165) is 65.8 Å². The van der Waals surface area contributed by atoms with Gasteiger partial charge in [-0.15, -0.1) is 0 Å². The number of likely N-dealkylation sites (tertiary alicyclic amines) is 1. The number of nitrogens with zero attached hydrogens (tertiary/aromatic N) is 1. The van der Waals surface area contributed by atoms with E-state index in [-0.39, 0.29) is 6.61 Å². The van der Waals surface area contributed by atoms with Crippen molar-refractivity contribution in [2.75, 3.05) is 32.8 Å². The first kappa shape index (κ1) is 21.8. The Morgan fingerprint density at radius 1 is 0.909 bits per heavy atom. The Morgan fingerprint density at radius 2 is 1.64 bits per heavy atom. The summed E-state index contributed by atoms with van der Waals surface area (Å²) in [6, 6.07) is 22.5. The lowest BCUT2D eigenvalue weighted by Crippen LogP contribution is -2.41. The topological polar surface area (TPSA) is 57.7 Å². The fourth-order valence-corrected chi connectivity index (χ4v) is 4.79. The summed E-state index contributed by atoms with van der Waals surface area (Å²) < 4.78 is 12.1. The van der Waals surface area contributed by atoms with Gasteiger partial charge in [0.15, 0.2) is 0 Å². The molecule has 0 bridgehead atoms. The predicted octanol–water partition coefficient (Wildman–Crippen LogP) is 5.16. The molecule has 4 aromatic rings. The molecule has 1 fully saturated rings. The SMILES string of the molecule is Cc1ccccc1OCC1CCN(CC(O)COc2cccc3[nH]c4ccccc4c23)CC1. The smallest absolute Gasteiger partial charge is 0.129 e. The monoisotopic (exact) mass is 444 g/mol. The molecule has 5 rings (SSSR count). The summed E-state index contributed by atoms with van der Waals surface area (Å²) in [7, 11) is 0. The molecule has 1 atom stereocenters. The first-order valence-electron chi connectivity index (χ1n) is 11.9. The highest BCUT2D eigenvalue weighted by molar-refractivity contribution is 6.10. The molecule has 172 valence electrons. The summed E-state index contributed by atoms with van der Waals surface area (Å²) in [5, 5.41) is 12.9. The first-order chi connectivity index (χ1) is 16.2.